The first-order valence-corrected chi connectivity index (χ1v) is 7.17. The summed E-state index contributed by atoms with van der Waals surface area (Å²) in [6, 6.07) is 8.17. The number of hydrogen-bond donors (Lipinski definition) is 2. The minimum absolute atomic E-state index is 0.0156. The molecular formula is C14H19NO2S. The molecule has 0 spiro atoms. The molecule has 98 valence electrons. The molecule has 18 heavy (non-hydrogen) atoms. The Balaban J connectivity index is 1.89. The van der Waals surface area contributed by atoms with E-state index in [1.54, 1.807) is 18.7 Å². The Morgan fingerprint density at radius 3 is 2.89 bits per heavy atom. The van der Waals surface area contributed by atoms with Crippen molar-refractivity contribution in [3.05, 3.63) is 29.8 Å². The summed E-state index contributed by atoms with van der Waals surface area (Å²) in [7, 11) is 0. The van der Waals surface area contributed by atoms with Crippen LogP contribution in [0.1, 0.15) is 25.8 Å². The number of benzene rings is 1. The molecule has 3 atom stereocenters. The molecule has 0 aromatic heterocycles. The molecule has 3 nitrogen and oxygen atoms in total. The summed E-state index contributed by atoms with van der Waals surface area (Å²) < 4.78 is 0. The van der Waals surface area contributed by atoms with Gasteiger partial charge in [-0.15, -0.1) is 11.8 Å². The highest BCUT2D eigenvalue weighted by molar-refractivity contribution is 8.01. The minimum atomic E-state index is -0.381. The number of fused-ring (bicyclic) bond motifs is 1. The summed E-state index contributed by atoms with van der Waals surface area (Å²) in [6.07, 6.45) is 1.01. The first-order chi connectivity index (χ1) is 8.56. The van der Waals surface area contributed by atoms with E-state index in [9.17, 15) is 9.90 Å². The van der Waals surface area contributed by atoms with E-state index in [1.165, 1.54) is 10.5 Å². The molecule has 1 amide bonds. The maximum atomic E-state index is 12.1. The van der Waals surface area contributed by atoms with Crippen LogP contribution in [0, 0.1) is 0 Å². The topological polar surface area (TPSA) is 49.3 Å². The lowest BCUT2D eigenvalue weighted by molar-refractivity contribution is -0.121. The maximum Gasteiger partial charge on any atom is 0.234 e. The third kappa shape index (κ3) is 3.27. The highest BCUT2D eigenvalue weighted by Gasteiger charge is 2.28. The third-order valence-corrected chi connectivity index (χ3v) is 4.34. The van der Waals surface area contributed by atoms with Gasteiger partial charge in [0.1, 0.15) is 0 Å². The fourth-order valence-electron chi connectivity index (χ4n) is 2.23. The van der Waals surface area contributed by atoms with Gasteiger partial charge in [-0.3, -0.25) is 4.79 Å². The summed E-state index contributed by atoms with van der Waals surface area (Å²) in [4.78, 5) is 13.3. The van der Waals surface area contributed by atoms with Crippen LogP contribution < -0.4 is 5.32 Å². The van der Waals surface area contributed by atoms with E-state index >= 15 is 0 Å². The summed E-state index contributed by atoms with van der Waals surface area (Å²) in [5, 5.41) is 12.2. The monoisotopic (exact) mass is 265 g/mol. The predicted molar refractivity (Wildman–Crippen MR) is 73.7 cm³/mol. The molecule has 0 fully saturated rings. The largest absolute Gasteiger partial charge is 0.393 e. The molecule has 0 saturated carbocycles. The molecule has 1 aliphatic heterocycles. The molecule has 0 bridgehead atoms. The number of thioether (sulfide) groups is 1. The molecule has 0 radical (unpaired) electrons. The highest BCUT2D eigenvalue weighted by Crippen LogP contribution is 2.36. The van der Waals surface area contributed by atoms with Gasteiger partial charge in [0.05, 0.1) is 11.4 Å². The lowest BCUT2D eigenvalue weighted by atomic mass is 10.1. The second-order valence-corrected chi connectivity index (χ2v) is 6.16. The molecule has 1 aliphatic rings. The summed E-state index contributed by atoms with van der Waals surface area (Å²) in [5.41, 5.74) is 1.26. The Labute approximate surface area is 112 Å². The summed E-state index contributed by atoms with van der Waals surface area (Å²) in [6.45, 7) is 3.67. The number of carbonyl (C=O) groups excluding carboxylic acids is 1. The van der Waals surface area contributed by atoms with E-state index in [0.717, 1.165) is 6.42 Å². The number of aliphatic hydroxyl groups is 1. The predicted octanol–water partition coefficient (Wildman–Crippen LogP) is 1.98. The van der Waals surface area contributed by atoms with Gasteiger partial charge in [-0.2, -0.15) is 0 Å². The van der Waals surface area contributed by atoms with Gasteiger partial charge in [0.2, 0.25) is 5.91 Å². The van der Waals surface area contributed by atoms with Gasteiger partial charge in [-0.05, 0) is 38.3 Å². The fraction of sp³-hybridized carbons (Fsp3) is 0.500. The van der Waals surface area contributed by atoms with Crippen molar-refractivity contribution in [3.63, 3.8) is 0 Å². The van der Waals surface area contributed by atoms with E-state index in [-0.39, 0.29) is 23.3 Å². The Bertz CT molecular complexity index is 409. The minimum Gasteiger partial charge on any atom is -0.393 e. The molecule has 1 aromatic rings. The Kier molecular flexibility index (Phi) is 4.30. The van der Waals surface area contributed by atoms with Gasteiger partial charge in [0, 0.05) is 10.9 Å². The first-order valence-electron chi connectivity index (χ1n) is 6.29. The number of amides is 1. The zero-order chi connectivity index (χ0) is 13.1. The Morgan fingerprint density at radius 1 is 1.50 bits per heavy atom. The second kappa shape index (κ2) is 5.76. The molecule has 0 saturated heterocycles. The molecule has 4 heteroatoms. The highest BCUT2D eigenvalue weighted by atomic mass is 32.2. The van der Waals surface area contributed by atoms with Gasteiger partial charge in [-0.1, -0.05) is 18.2 Å². The zero-order valence-electron chi connectivity index (χ0n) is 10.7. The molecular weight excluding hydrogens is 246 g/mol. The quantitative estimate of drug-likeness (QED) is 0.875. The van der Waals surface area contributed by atoms with Gasteiger partial charge >= 0.3 is 0 Å². The van der Waals surface area contributed by atoms with Crippen molar-refractivity contribution < 1.29 is 9.90 Å². The number of nitrogens with one attached hydrogen (secondary N) is 1. The number of hydrogen-bond acceptors (Lipinski definition) is 3. The lowest BCUT2D eigenvalue weighted by Crippen LogP contribution is -2.39. The summed E-state index contributed by atoms with van der Waals surface area (Å²) >= 11 is 1.63. The molecule has 2 N–H and O–H groups in total. The van der Waals surface area contributed by atoms with Gasteiger partial charge in [0.25, 0.3) is 0 Å². The van der Waals surface area contributed by atoms with Crippen molar-refractivity contribution in [1.82, 2.24) is 5.32 Å². The van der Waals surface area contributed by atoms with Crippen LogP contribution in [0.2, 0.25) is 0 Å². The van der Waals surface area contributed by atoms with E-state index in [0.29, 0.717) is 6.42 Å². The average Bonchev–Trinajstić information content (AvgIpc) is 2.71. The molecule has 1 aromatic carbocycles. The lowest BCUT2D eigenvalue weighted by Gasteiger charge is -2.17. The van der Waals surface area contributed by atoms with Crippen molar-refractivity contribution in [3.8, 4) is 0 Å². The van der Waals surface area contributed by atoms with Crippen LogP contribution in [-0.2, 0) is 11.2 Å². The van der Waals surface area contributed by atoms with Crippen LogP contribution in [-0.4, -0.2) is 28.4 Å². The van der Waals surface area contributed by atoms with E-state index in [1.807, 2.05) is 19.1 Å². The Morgan fingerprint density at radius 2 is 2.22 bits per heavy atom. The van der Waals surface area contributed by atoms with Crippen molar-refractivity contribution in [2.75, 3.05) is 0 Å². The standard InChI is InChI=1S/C14H19NO2S/c1-9(7-10(2)16)15-14(17)13-8-11-5-3-4-6-12(11)18-13/h3-6,9-10,13,16H,7-8H2,1-2H3,(H,15,17). The summed E-state index contributed by atoms with van der Waals surface area (Å²) in [5.74, 6) is 0.0735. The molecule has 3 unspecified atom stereocenters. The van der Waals surface area contributed by atoms with E-state index in [2.05, 4.69) is 17.4 Å². The van der Waals surface area contributed by atoms with Crippen LogP contribution in [0.25, 0.3) is 0 Å². The Hall–Kier alpha value is -1.00. The average molecular weight is 265 g/mol. The van der Waals surface area contributed by atoms with Crippen LogP contribution in [0.4, 0.5) is 0 Å². The van der Waals surface area contributed by atoms with Crippen LogP contribution in [0.5, 0.6) is 0 Å². The third-order valence-electron chi connectivity index (χ3n) is 3.02. The normalized spacial score (nSPS) is 21.2. The van der Waals surface area contributed by atoms with Gasteiger partial charge in [0.15, 0.2) is 0 Å². The maximum absolute atomic E-state index is 12.1. The smallest absolute Gasteiger partial charge is 0.234 e. The number of carbonyl (C=O) groups is 1. The molecule has 2 rings (SSSR count). The van der Waals surface area contributed by atoms with Crippen molar-refractivity contribution in [2.45, 2.75) is 49.0 Å². The number of aliphatic hydroxyl groups excluding tert-OH is 1. The SMILES string of the molecule is CC(O)CC(C)NC(=O)C1Cc2ccccc2S1. The van der Waals surface area contributed by atoms with Gasteiger partial charge < -0.3 is 10.4 Å². The van der Waals surface area contributed by atoms with E-state index < -0.39 is 0 Å². The molecule has 0 aliphatic carbocycles. The van der Waals surface area contributed by atoms with Crippen molar-refractivity contribution in [2.24, 2.45) is 0 Å². The van der Waals surface area contributed by atoms with Crippen molar-refractivity contribution in [1.29, 1.82) is 0 Å². The zero-order valence-corrected chi connectivity index (χ0v) is 11.5. The van der Waals surface area contributed by atoms with Crippen LogP contribution >= 0.6 is 11.8 Å². The fourth-order valence-corrected chi connectivity index (χ4v) is 3.44. The second-order valence-electron chi connectivity index (χ2n) is 4.91. The molecule has 1 heterocycles. The van der Waals surface area contributed by atoms with Crippen molar-refractivity contribution >= 4 is 17.7 Å². The first kappa shape index (κ1) is 13.4. The van der Waals surface area contributed by atoms with E-state index in [4.69, 9.17) is 0 Å². The van der Waals surface area contributed by atoms with Crippen LogP contribution in [0.3, 0.4) is 0 Å². The van der Waals surface area contributed by atoms with Crippen LogP contribution in [0.15, 0.2) is 29.2 Å². The number of rotatable bonds is 4. The van der Waals surface area contributed by atoms with Gasteiger partial charge in [-0.25, -0.2) is 0 Å².